The SMILES string of the molecule is COc1cccc(-c2nc(C)c(C(=O)N3CCC(C(N)=O)CC3)s2)c1. The van der Waals surface area contributed by atoms with Crippen LogP contribution in [0.3, 0.4) is 0 Å². The zero-order chi connectivity index (χ0) is 18.0. The minimum absolute atomic E-state index is 0.0212. The molecule has 1 aromatic carbocycles. The van der Waals surface area contributed by atoms with Gasteiger partial charge in [0.1, 0.15) is 15.6 Å². The van der Waals surface area contributed by atoms with E-state index in [1.807, 2.05) is 31.2 Å². The molecule has 7 heteroatoms. The summed E-state index contributed by atoms with van der Waals surface area (Å²) >= 11 is 1.39. The number of ether oxygens (including phenoxy) is 1. The van der Waals surface area contributed by atoms with Crippen molar-refractivity contribution in [1.82, 2.24) is 9.88 Å². The van der Waals surface area contributed by atoms with Crippen molar-refractivity contribution >= 4 is 23.2 Å². The van der Waals surface area contributed by atoms with Crippen LogP contribution in [0.2, 0.25) is 0 Å². The molecule has 0 spiro atoms. The standard InChI is InChI=1S/C18H21N3O3S/c1-11-15(18(23)21-8-6-12(7-9-21)16(19)22)25-17(20-11)13-4-3-5-14(10-13)24-2/h3-5,10,12H,6-9H2,1-2H3,(H2,19,22). The molecule has 2 amide bonds. The zero-order valence-corrected chi connectivity index (χ0v) is 15.1. The van der Waals surface area contributed by atoms with Crippen molar-refractivity contribution in [3.63, 3.8) is 0 Å². The summed E-state index contributed by atoms with van der Waals surface area (Å²) in [6.45, 7) is 2.96. The molecule has 0 aliphatic carbocycles. The number of carbonyl (C=O) groups excluding carboxylic acids is 2. The molecule has 6 nitrogen and oxygen atoms in total. The highest BCUT2D eigenvalue weighted by molar-refractivity contribution is 7.17. The molecule has 2 aromatic rings. The highest BCUT2D eigenvalue weighted by atomic mass is 32.1. The van der Waals surface area contributed by atoms with Crippen molar-refractivity contribution in [2.45, 2.75) is 19.8 Å². The lowest BCUT2D eigenvalue weighted by Crippen LogP contribution is -2.41. The van der Waals surface area contributed by atoms with E-state index >= 15 is 0 Å². The summed E-state index contributed by atoms with van der Waals surface area (Å²) in [5.41, 5.74) is 7.01. The number of nitrogens with zero attached hydrogens (tertiary/aromatic N) is 2. The van der Waals surface area contributed by atoms with Crippen LogP contribution in [0.4, 0.5) is 0 Å². The number of carbonyl (C=O) groups is 2. The molecule has 0 radical (unpaired) electrons. The topological polar surface area (TPSA) is 85.5 Å². The van der Waals surface area contributed by atoms with Crippen LogP contribution in [0.5, 0.6) is 5.75 Å². The molecule has 0 bridgehead atoms. The predicted octanol–water partition coefficient (Wildman–Crippen LogP) is 2.46. The fourth-order valence-corrected chi connectivity index (χ4v) is 4.02. The van der Waals surface area contributed by atoms with Crippen molar-refractivity contribution in [2.75, 3.05) is 20.2 Å². The molecule has 1 aromatic heterocycles. The normalized spacial score (nSPS) is 15.2. The molecule has 2 heterocycles. The van der Waals surface area contributed by atoms with Gasteiger partial charge in [-0.25, -0.2) is 4.98 Å². The Balaban J connectivity index is 1.78. The lowest BCUT2D eigenvalue weighted by molar-refractivity contribution is -0.123. The van der Waals surface area contributed by atoms with Gasteiger partial charge in [0.2, 0.25) is 5.91 Å². The van der Waals surface area contributed by atoms with Gasteiger partial charge in [0.15, 0.2) is 0 Å². The third-order valence-electron chi connectivity index (χ3n) is 4.49. The molecule has 1 saturated heterocycles. The molecule has 1 aliphatic rings. The van der Waals surface area contributed by atoms with E-state index in [4.69, 9.17) is 10.5 Å². The third kappa shape index (κ3) is 3.66. The van der Waals surface area contributed by atoms with E-state index in [0.717, 1.165) is 22.0 Å². The van der Waals surface area contributed by atoms with Gasteiger partial charge in [-0.2, -0.15) is 0 Å². The number of aryl methyl sites for hydroxylation is 1. The monoisotopic (exact) mass is 359 g/mol. The summed E-state index contributed by atoms with van der Waals surface area (Å²) in [6.07, 6.45) is 1.25. The number of aromatic nitrogens is 1. The van der Waals surface area contributed by atoms with Crippen molar-refractivity contribution < 1.29 is 14.3 Å². The lowest BCUT2D eigenvalue weighted by Gasteiger charge is -2.30. The third-order valence-corrected chi connectivity index (χ3v) is 5.69. The van der Waals surface area contributed by atoms with Gasteiger partial charge in [0.25, 0.3) is 5.91 Å². The van der Waals surface area contributed by atoms with Crippen molar-refractivity contribution in [3.8, 4) is 16.3 Å². The minimum Gasteiger partial charge on any atom is -0.497 e. The number of hydrogen-bond donors (Lipinski definition) is 1. The Morgan fingerprint density at radius 3 is 2.68 bits per heavy atom. The van der Waals surface area contributed by atoms with Crippen LogP contribution in [-0.4, -0.2) is 41.9 Å². The molecule has 132 valence electrons. The average Bonchev–Trinajstić information content (AvgIpc) is 3.03. The first kappa shape index (κ1) is 17.4. The highest BCUT2D eigenvalue weighted by Gasteiger charge is 2.28. The van der Waals surface area contributed by atoms with Gasteiger partial charge in [-0.15, -0.1) is 11.3 Å². The quantitative estimate of drug-likeness (QED) is 0.909. The largest absolute Gasteiger partial charge is 0.497 e. The van der Waals surface area contributed by atoms with Crippen LogP contribution in [0.25, 0.3) is 10.6 Å². The summed E-state index contributed by atoms with van der Waals surface area (Å²) in [4.78, 5) is 31.1. The van der Waals surface area contributed by atoms with Gasteiger partial charge in [0.05, 0.1) is 12.8 Å². The Hall–Kier alpha value is -2.41. The van der Waals surface area contributed by atoms with E-state index < -0.39 is 0 Å². The van der Waals surface area contributed by atoms with Crippen molar-refractivity contribution in [3.05, 3.63) is 34.8 Å². The maximum atomic E-state index is 12.8. The van der Waals surface area contributed by atoms with E-state index in [1.165, 1.54) is 11.3 Å². The number of methoxy groups -OCH3 is 1. The number of rotatable bonds is 4. The summed E-state index contributed by atoms with van der Waals surface area (Å²) in [7, 11) is 1.62. The molecule has 25 heavy (non-hydrogen) atoms. The van der Waals surface area contributed by atoms with Crippen LogP contribution in [0.15, 0.2) is 24.3 Å². The maximum absolute atomic E-state index is 12.8. The van der Waals surface area contributed by atoms with Crippen LogP contribution < -0.4 is 10.5 Å². The number of piperidine rings is 1. The second-order valence-electron chi connectivity index (χ2n) is 6.13. The lowest BCUT2D eigenvalue weighted by atomic mass is 9.96. The minimum atomic E-state index is -0.276. The van der Waals surface area contributed by atoms with E-state index in [9.17, 15) is 9.59 Å². The van der Waals surface area contributed by atoms with Crippen molar-refractivity contribution in [2.24, 2.45) is 11.7 Å². The molecular formula is C18H21N3O3S. The van der Waals surface area contributed by atoms with Gasteiger partial charge in [0, 0.05) is 24.6 Å². The van der Waals surface area contributed by atoms with Crippen LogP contribution in [0.1, 0.15) is 28.2 Å². The average molecular weight is 359 g/mol. The molecule has 3 rings (SSSR count). The maximum Gasteiger partial charge on any atom is 0.265 e. The summed E-state index contributed by atoms with van der Waals surface area (Å²) in [6, 6.07) is 7.64. The van der Waals surface area contributed by atoms with Gasteiger partial charge in [-0.1, -0.05) is 12.1 Å². The molecule has 0 atom stereocenters. The predicted molar refractivity (Wildman–Crippen MR) is 96.7 cm³/mol. The van der Waals surface area contributed by atoms with E-state index in [2.05, 4.69) is 4.98 Å². The smallest absolute Gasteiger partial charge is 0.265 e. The summed E-state index contributed by atoms with van der Waals surface area (Å²) in [5, 5.41) is 0.798. The number of amides is 2. The second kappa shape index (κ2) is 7.23. The number of thiazole rings is 1. The van der Waals surface area contributed by atoms with Crippen molar-refractivity contribution in [1.29, 1.82) is 0 Å². The van der Waals surface area contributed by atoms with Crippen LogP contribution in [0, 0.1) is 12.8 Å². The molecule has 0 unspecified atom stereocenters. The number of likely N-dealkylation sites (tertiary alicyclic amines) is 1. The van der Waals surface area contributed by atoms with E-state index in [-0.39, 0.29) is 17.7 Å². The van der Waals surface area contributed by atoms with E-state index in [0.29, 0.717) is 30.8 Å². The number of hydrogen-bond acceptors (Lipinski definition) is 5. The van der Waals surface area contributed by atoms with Gasteiger partial charge < -0.3 is 15.4 Å². The fraction of sp³-hybridized carbons (Fsp3) is 0.389. The Labute approximate surface area is 150 Å². The van der Waals surface area contributed by atoms with Crippen LogP contribution in [-0.2, 0) is 4.79 Å². The summed E-state index contributed by atoms with van der Waals surface area (Å²) in [5.74, 6) is 0.333. The molecule has 0 saturated carbocycles. The van der Waals surface area contributed by atoms with Gasteiger partial charge in [-0.3, -0.25) is 9.59 Å². The summed E-state index contributed by atoms with van der Waals surface area (Å²) < 4.78 is 5.25. The van der Waals surface area contributed by atoms with Gasteiger partial charge >= 0.3 is 0 Å². The molecule has 1 fully saturated rings. The first-order valence-corrected chi connectivity index (χ1v) is 9.01. The number of benzene rings is 1. The second-order valence-corrected chi connectivity index (χ2v) is 7.13. The first-order chi connectivity index (χ1) is 12.0. The Morgan fingerprint density at radius 1 is 1.32 bits per heavy atom. The zero-order valence-electron chi connectivity index (χ0n) is 14.3. The Bertz CT molecular complexity index is 795. The van der Waals surface area contributed by atoms with Crippen LogP contribution >= 0.6 is 11.3 Å². The van der Waals surface area contributed by atoms with Gasteiger partial charge in [-0.05, 0) is 31.9 Å². The number of primary amides is 1. The molecule has 1 aliphatic heterocycles. The number of nitrogens with two attached hydrogens (primary N) is 1. The Morgan fingerprint density at radius 2 is 2.04 bits per heavy atom. The fourth-order valence-electron chi connectivity index (χ4n) is 2.99. The van der Waals surface area contributed by atoms with E-state index in [1.54, 1.807) is 12.0 Å². The first-order valence-electron chi connectivity index (χ1n) is 8.20. The molecular weight excluding hydrogens is 338 g/mol. The Kier molecular flexibility index (Phi) is 5.03. The highest BCUT2D eigenvalue weighted by Crippen LogP contribution is 2.31. The molecule has 2 N–H and O–H groups in total.